The van der Waals surface area contributed by atoms with Crippen LogP contribution in [0.3, 0.4) is 0 Å². The van der Waals surface area contributed by atoms with E-state index in [1.165, 1.54) is 19.3 Å². The molecule has 0 spiro atoms. The quantitative estimate of drug-likeness (QED) is 0.774. The summed E-state index contributed by atoms with van der Waals surface area (Å²) in [4.78, 5) is 30.2. The van der Waals surface area contributed by atoms with Gasteiger partial charge in [0.2, 0.25) is 11.8 Å². The molecular formula is C25H37N3O3. The first-order valence-corrected chi connectivity index (χ1v) is 12.1. The molecule has 2 saturated heterocycles. The molecule has 2 aliphatic heterocycles. The third-order valence-electron chi connectivity index (χ3n) is 7.50. The maximum atomic E-state index is 12.8. The summed E-state index contributed by atoms with van der Waals surface area (Å²) in [5.74, 6) is 1.68. The van der Waals surface area contributed by atoms with E-state index in [2.05, 4.69) is 15.1 Å². The van der Waals surface area contributed by atoms with Crippen LogP contribution in [0.25, 0.3) is 0 Å². The summed E-state index contributed by atoms with van der Waals surface area (Å²) in [5, 5.41) is 3.05. The summed E-state index contributed by atoms with van der Waals surface area (Å²) >= 11 is 0. The van der Waals surface area contributed by atoms with Crippen LogP contribution >= 0.6 is 0 Å². The van der Waals surface area contributed by atoms with Crippen molar-refractivity contribution in [1.82, 2.24) is 9.80 Å². The first kappa shape index (κ1) is 22.1. The van der Waals surface area contributed by atoms with Crippen LogP contribution in [-0.2, 0) is 9.59 Å². The van der Waals surface area contributed by atoms with Crippen molar-refractivity contribution >= 4 is 17.5 Å². The van der Waals surface area contributed by atoms with Gasteiger partial charge in [-0.2, -0.15) is 0 Å². The Morgan fingerprint density at radius 1 is 0.839 bits per heavy atom. The molecule has 3 aliphatic rings. The van der Waals surface area contributed by atoms with Crippen molar-refractivity contribution < 1.29 is 14.3 Å². The highest BCUT2D eigenvalue weighted by Gasteiger charge is 2.33. The Hall–Kier alpha value is -2.08. The van der Waals surface area contributed by atoms with Crippen molar-refractivity contribution in [1.29, 1.82) is 0 Å². The molecule has 1 aliphatic carbocycles. The maximum absolute atomic E-state index is 12.8. The Morgan fingerprint density at radius 2 is 1.48 bits per heavy atom. The number of benzene rings is 1. The van der Waals surface area contributed by atoms with Crippen LogP contribution in [0.1, 0.15) is 57.8 Å². The van der Waals surface area contributed by atoms with Gasteiger partial charge < -0.3 is 19.9 Å². The molecule has 6 heteroatoms. The lowest BCUT2D eigenvalue weighted by Gasteiger charge is -2.42. The minimum atomic E-state index is 0.0753. The molecule has 6 nitrogen and oxygen atoms in total. The van der Waals surface area contributed by atoms with E-state index in [9.17, 15) is 9.59 Å². The van der Waals surface area contributed by atoms with Crippen molar-refractivity contribution in [2.45, 2.75) is 63.8 Å². The predicted octanol–water partition coefficient (Wildman–Crippen LogP) is 3.92. The fraction of sp³-hybridized carbons (Fsp3) is 0.680. The third kappa shape index (κ3) is 5.59. The number of rotatable bonds is 5. The first-order chi connectivity index (χ1) is 15.1. The summed E-state index contributed by atoms with van der Waals surface area (Å²) in [6, 6.07) is 8.05. The minimum Gasteiger partial charge on any atom is -0.497 e. The molecule has 4 rings (SSSR count). The van der Waals surface area contributed by atoms with E-state index in [1.807, 2.05) is 24.3 Å². The summed E-state index contributed by atoms with van der Waals surface area (Å²) in [6.07, 6.45) is 9.85. The number of nitrogens with zero attached hydrogens (tertiary/aromatic N) is 2. The Morgan fingerprint density at radius 3 is 2.10 bits per heavy atom. The van der Waals surface area contributed by atoms with Crippen molar-refractivity contribution in [2.24, 2.45) is 11.8 Å². The van der Waals surface area contributed by atoms with E-state index in [4.69, 9.17) is 4.74 Å². The van der Waals surface area contributed by atoms with Crippen LogP contribution in [0.15, 0.2) is 24.3 Å². The number of piperidine rings is 2. The number of likely N-dealkylation sites (tertiary alicyclic amines) is 2. The lowest BCUT2D eigenvalue weighted by molar-refractivity contribution is -0.138. The van der Waals surface area contributed by atoms with E-state index in [0.29, 0.717) is 11.9 Å². The lowest BCUT2D eigenvalue weighted by Crippen LogP contribution is -2.50. The van der Waals surface area contributed by atoms with E-state index in [-0.39, 0.29) is 17.7 Å². The molecule has 1 aromatic carbocycles. The number of carbonyl (C=O) groups is 2. The number of anilines is 1. The highest BCUT2D eigenvalue weighted by atomic mass is 16.5. The van der Waals surface area contributed by atoms with Crippen LogP contribution in [0.5, 0.6) is 5.75 Å². The molecular weight excluding hydrogens is 390 g/mol. The van der Waals surface area contributed by atoms with Crippen molar-refractivity contribution in [3.63, 3.8) is 0 Å². The average molecular weight is 428 g/mol. The maximum Gasteiger partial charge on any atom is 0.227 e. The van der Waals surface area contributed by atoms with Crippen LogP contribution in [0, 0.1) is 11.8 Å². The molecule has 31 heavy (non-hydrogen) atoms. The smallest absolute Gasteiger partial charge is 0.227 e. The molecule has 0 atom stereocenters. The van der Waals surface area contributed by atoms with Gasteiger partial charge in [-0.05, 0) is 75.9 Å². The Bertz CT molecular complexity index is 729. The number of ether oxygens (including phenoxy) is 1. The van der Waals surface area contributed by atoms with E-state index in [1.54, 1.807) is 7.11 Å². The van der Waals surface area contributed by atoms with E-state index in [0.717, 1.165) is 76.1 Å². The molecule has 2 amide bonds. The topological polar surface area (TPSA) is 61.9 Å². The summed E-state index contributed by atoms with van der Waals surface area (Å²) in [6.45, 7) is 3.75. The van der Waals surface area contributed by atoms with Gasteiger partial charge in [-0.1, -0.05) is 19.3 Å². The predicted molar refractivity (Wildman–Crippen MR) is 122 cm³/mol. The Balaban J connectivity index is 1.19. The zero-order valence-corrected chi connectivity index (χ0v) is 18.9. The molecule has 3 fully saturated rings. The molecule has 0 aromatic heterocycles. The number of methoxy groups -OCH3 is 1. The Kier molecular flexibility index (Phi) is 7.49. The molecule has 170 valence electrons. The fourth-order valence-corrected chi connectivity index (χ4v) is 5.50. The fourth-order valence-electron chi connectivity index (χ4n) is 5.50. The van der Waals surface area contributed by atoms with Crippen LogP contribution in [0.2, 0.25) is 0 Å². The highest BCUT2D eigenvalue weighted by Crippen LogP contribution is 2.29. The second-order valence-electron chi connectivity index (χ2n) is 9.42. The number of nitrogens with one attached hydrogen (secondary N) is 1. The number of hydrogen-bond acceptors (Lipinski definition) is 4. The SMILES string of the molecule is COc1ccc(NC(=O)C2CCN(C3CCN(C(=O)C4CCCCC4)CC3)CC2)cc1. The van der Waals surface area contributed by atoms with Gasteiger partial charge in [0.15, 0.2) is 0 Å². The standard InChI is InChI=1S/C25H37N3O3/c1-31-23-9-7-21(8-10-23)26-24(29)19-11-15-27(16-12-19)22-13-17-28(18-14-22)25(30)20-5-3-2-4-6-20/h7-10,19-20,22H,2-6,11-18H2,1H3,(H,26,29). The van der Waals surface area contributed by atoms with Gasteiger partial charge in [0.25, 0.3) is 0 Å². The summed E-state index contributed by atoms with van der Waals surface area (Å²) < 4.78 is 5.17. The molecule has 0 radical (unpaired) electrons. The largest absolute Gasteiger partial charge is 0.497 e. The first-order valence-electron chi connectivity index (χ1n) is 12.1. The molecule has 0 bridgehead atoms. The van der Waals surface area contributed by atoms with E-state index >= 15 is 0 Å². The number of hydrogen-bond donors (Lipinski definition) is 1. The molecule has 1 aromatic rings. The second-order valence-corrected chi connectivity index (χ2v) is 9.42. The van der Waals surface area contributed by atoms with Crippen LogP contribution in [-0.4, -0.2) is 60.9 Å². The van der Waals surface area contributed by atoms with Gasteiger partial charge in [-0.25, -0.2) is 0 Å². The molecule has 1 saturated carbocycles. The van der Waals surface area contributed by atoms with Crippen molar-refractivity contribution in [2.75, 3.05) is 38.6 Å². The number of carbonyl (C=O) groups excluding carboxylic acids is 2. The van der Waals surface area contributed by atoms with Crippen molar-refractivity contribution in [3.05, 3.63) is 24.3 Å². The summed E-state index contributed by atoms with van der Waals surface area (Å²) in [7, 11) is 1.64. The van der Waals surface area contributed by atoms with Gasteiger partial charge in [-0.15, -0.1) is 0 Å². The third-order valence-corrected chi connectivity index (χ3v) is 7.50. The minimum absolute atomic E-state index is 0.0753. The average Bonchev–Trinajstić information content (AvgIpc) is 2.85. The Labute approximate surface area is 186 Å². The zero-order chi connectivity index (χ0) is 21.6. The number of amides is 2. The second kappa shape index (κ2) is 10.5. The van der Waals surface area contributed by atoms with E-state index < -0.39 is 0 Å². The van der Waals surface area contributed by atoms with Gasteiger partial charge >= 0.3 is 0 Å². The van der Waals surface area contributed by atoms with Crippen LogP contribution < -0.4 is 10.1 Å². The highest BCUT2D eigenvalue weighted by molar-refractivity contribution is 5.92. The molecule has 2 heterocycles. The van der Waals surface area contributed by atoms with Gasteiger partial charge in [0.1, 0.15) is 5.75 Å². The normalized spacial score (nSPS) is 22.3. The zero-order valence-electron chi connectivity index (χ0n) is 18.9. The summed E-state index contributed by atoms with van der Waals surface area (Å²) in [5.41, 5.74) is 0.822. The van der Waals surface area contributed by atoms with Gasteiger partial charge in [0, 0.05) is 36.7 Å². The molecule has 0 unspecified atom stereocenters. The van der Waals surface area contributed by atoms with Gasteiger partial charge in [0.05, 0.1) is 7.11 Å². The lowest BCUT2D eigenvalue weighted by atomic mass is 9.87. The molecule has 1 N–H and O–H groups in total. The monoisotopic (exact) mass is 427 g/mol. The van der Waals surface area contributed by atoms with Crippen LogP contribution in [0.4, 0.5) is 5.69 Å². The van der Waals surface area contributed by atoms with Crippen molar-refractivity contribution in [3.8, 4) is 5.75 Å². The van der Waals surface area contributed by atoms with Gasteiger partial charge in [-0.3, -0.25) is 9.59 Å².